The fourth-order valence-corrected chi connectivity index (χ4v) is 4.07. The zero-order valence-corrected chi connectivity index (χ0v) is 13.6. The molecule has 1 saturated carbocycles. The van der Waals surface area contributed by atoms with E-state index in [1.807, 2.05) is 0 Å². The molecule has 2 nitrogen and oxygen atoms in total. The molecule has 2 fully saturated rings. The van der Waals surface area contributed by atoms with E-state index in [4.69, 9.17) is 0 Å². The van der Waals surface area contributed by atoms with Crippen LogP contribution < -0.4 is 5.32 Å². The summed E-state index contributed by atoms with van der Waals surface area (Å²) in [6.45, 7) is 8.29. The van der Waals surface area contributed by atoms with Crippen molar-refractivity contribution in [2.45, 2.75) is 58.0 Å². The molecule has 0 aromatic heterocycles. The zero-order chi connectivity index (χ0) is 14.7. The molecule has 116 valence electrons. The normalized spacial score (nSPS) is 29.0. The average molecular weight is 286 g/mol. The summed E-state index contributed by atoms with van der Waals surface area (Å²) in [5.74, 6) is 0. The highest BCUT2D eigenvalue weighted by Crippen LogP contribution is 2.45. The van der Waals surface area contributed by atoms with Gasteiger partial charge in [0.1, 0.15) is 0 Å². The molecule has 2 aliphatic rings. The van der Waals surface area contributed by atoms with Gasteiger partial charge in [-0.15, -0.1) is 0 Å². The van der Waals surface area contributed by atoms with E-state index < -0.39 is 0 Å². The average Bonchev–Trinajstić information content (AvgIpc) is 2.51. The van der Waals surface area contributed by atoms with Gasteiger partial charge in [0.15, 0.2) is 0 Å². The smallest absolute Gasteiger partial charge is 0.0473 e. The minimum atomic E-state index is 0.554. The molecule has 21 heavy (non-hydrogen) atoms. The number of piperazine rings is 1. The molecule has 0 bridgehead atoms. The lowest BCUT2D eigenvalue weighted by Crippen LogP contribution is -2.55. The summed E-state index contributed by atoms with van der Waals surface area (Å²) < 4.78 is 0. The number of nitrogens with one attached hydrogen (secondary N) is 1. The van der Waals surface area contributed by atoms with Crippen LogP contribution in [0.15, 0.2) is 30.3 Å². The maximum absolute atomic E-state index is 3.75. The molecule has 2 heteroatoms. The third-order valence-electron chi connectivity index (χ3n) is 5.88. The van der Waals surface area contributed by atoms with E-state index in [1.165, 1.54) is 50.8 Å². The number of benzene rings is 1. The van der Waals surface area contributed by atoms with Crippen molar-refractivity contribution in [2.24, 2.45) is 5.41 Å². The van der Waals surface area contributed by atoms with Crippen molar-refractivity contribution in [3.05, 3.63) is 35.9 Å². The predicted octanol–water partition coefficient (Wildman–Crippen LogP) is 3.99. The Morgan fingerprint density at radius 2 is 1.95 bits per heavy atom. The summed E-state index contributed by atoms with van der Waals surface area (Å²) in [6, 6.07) is 12.3. The topological polar surface area (TPSA) is 15.3 Å². The molecular weight excluding hydrogens is 256 g/mol. The van der Waals surface area contributed by atoms with E-state index in [2.05, 4.69) is 54.4 Å². The first-order chi connectivity index (χ1) is 10.3. The molecule has 1 saturated heterocycles. The van der Waals surface area contributed by atoms with Crippen LogP contribution >= 0.6 is 0 Å². The van der Waals surface area contributed by atoms with E-state index >= 15 is 0 Å². The Bertz CT molecular complexity index is 433. The van der Waals surface area contributed by atoms with Gasteiger partial charge in [0.2, 0.25) is 0 Å². The third-order valence-corrected chi connectivity index (χ3v) is 5.88. The van der Waals surface area contributed by atoms with Gasteiger partial charge in [-0.05, 0) is 36.7 Å². The first-order valence-electron chi connectivity index (χ1n) is 8.79. The second kappa shape index (κ2) is 6.50. The molecule has 0 amide bonds. The second-order valence-electron chi connectivity index (χ2n) is 7.08. The van der Waals surface area contributed by atoms with Crippen LogP contribution in [0.1, 0.15) is 57.6 Å². The van der Waals surface area contributed by atoms with Gasteiger partial charge in [0.25, 0.3) is 0 Å². The zero-order valence-electron chi connectivity index (χ0n) is 13.6. The maximum Gasteiger partial charge on any atom is 0.0473 e. The fourth-order valence-electron chi connectivity index (χ4n) is 4.07. The van der Waals surface area contributed by atoms with Gasteiger partial charge in [-0.1, -0.05) is 50.6 Å². The summed E-state index contributed by atoms with van der Waals surface area (Å²) in [5, 5.41) is 3.75. The lowest BCUT2D eigenvalue weighted by molar-refractivity contribution is 0.0198. The van der Waals surface area contributed by atoms with E-state index in [9.17, 15) is 0 Å². The van der Waals surface area contributed by atoms with Crippen LogP contribution in [0.3, 0.4) is 0 Å². The lowest BCUT2D eigenvalue weighted by atomic mass is 9.66. The minimum absolute atomic E-state index is 0.554. The first kappa shape index (κ1) is 15.1. The van der Waals surface area contributed by atoms with Crippen molar-refractivity contribution in [3.63, 3.8) is 0 Å². The van der Waals surface area contributed by atoms with Crippen LogP contribution in [0.25, 0.3) is 0 Å². The maximum atomic E-state index is 3.75. The highest BCUT2D eigenvalue weighted by atomic mass is 15.2. The van der Waals surface area contributed by atoms with Crippen LogP contribution in [0.2, 0.25) is 0 Å². The Morgan fingerprint density at radius 1 is 1.19 bits per heavy atom. The highest BCUT2D eigenvalue weighted by Gasteiger charge is 2.39. The lowest BCUT2D eigenvalue weighted by Gasteiger charge is -2.49. The van der Waals surface area contributed by atoms with E-state index in [-0.39, 0.29) is 0 Å². The molecule has 1 aromatic rings. The molecule has 1 aliphatic carbocycles. The summed E-state index contributed by atoms with van der Waals surface area (Å²) >= 11 is 0. The van der Waals surface area contributed by atoms with Gasteiger partial charge in [-0.3, -0.25) is 4.90 Å². The minimum Gasteiger partial charge on any atom is -0.311 e. The Hall–Kier alpha value is -0.860. The van der Waals surface area contributed by atoms with Crippen molar-refractivity contribution >= 4 is 0 Å². The summed E-state index contributed by atoms with van der Waals surface area (Å²) in [7, 11) is 0. The van der Waals surface area contributed by atoms with Gasteiger partial charge in [-0.2, -0.15) is 0 Å². The van der Waals surface area contributed by atoms with Crippen molar-refractivity contribution in [2.75, 3.05) is 19.6 Å². The van der Waals surface area contributed by atoms with Crippen LogP contribution in [0.4, 0.5) is 0 Å². The second-order valence-corrected chi connectivity index (χ2v) is 7.08. The van der Waals surface area contributed by atoms with E-state index in [0.717, 1.165) is 6.54 Å². The Morgan fingerprint density at radius 3 is 2.52 bits per heavy atom. The summed E-state index contributed by atoms with van der Waals surface area (Å²) in [5.41, 5.74) is 2.09. The highest BCUT2D eigenvalue weighted by molar-refractivity contribution is 5.20. The number of hydrogen-bond acceptors (Lipinski definition) is 2. The summed E-state index contributed by atoms with van der Waals surface area (Å²) in [4.78, 5) is 2.78. The van der Waals surface area contributed by atoms with Crippen molar-refractivity contribution < 1.29 is 0 Å². The first-order valence-corrected chi connectivity index (χ1v) is 8.79. The van der Waals surface area contributed by atoms with Crippen molar-refractivity contribution in [1.29, 1.82) is 0 Å². The fraction of sp³-hybridized carbons (Fsp3) is 0.684. The SMILES string of the molecule is CCC1CN(CC2(CC)CCC2)C(c2ccccc2)CN1. The van der Waals surface area contributed by atoms with Gasteiger partial charge < -0.3 is 5.32 Å². The standard InChI is InChI=1S/C19H30N2/c1-3-17-14-21(15-19(4-2)11-8-12-19)18(13-20-17)16-9-6-5-7-10-16/h5-7,9-10,17-18,20H,3-4,8,11-15H2,1-2H3. The van der Waals surface area contributed by atoms with Crippen LogP contribution in [0.5, 0.6) is 0 Å². The number of rotatable bonds is 5. The van der Waals surface area contributed by atoms with Crippen LogP contribution in [-0.4, -0.2) is 30.6 Å². The largest absolute Gasteiger partial charge is 0.311 e. The van der Waals surface area contributed by atoms with Crippen LogP contribution in [-0.2, 0) is 0 Å². The Labute approximate surface area is 129 Å². The summed E-state index contributed by atoms with van der Waals surface area (Å²) in [6.07, 6.45) is 6.89. The van der Waals surface area contributed by atoms with Crippen LogP contribution in [0, 0.1) is 5.41 Å². The molecule has 1 aliphatic heterocycles. The van der Waals surface area contributed by atoms with Gasteiger partial charge in [-0.25, -0.2) is 0 Å². The van der Waals surface area contributed by atoms with E-state index in [1.54, 1.807) is 0 Å². The van der Waals surface area contributed by atoms with Crippen molar-refractivity contribution in [1.82, 2.24) is 10.2 Å². The molecule has 1 N–H and O–H groups in total. The van der Waals surface area contributed by atoms with E-state index in [0.29, 0.717) is 17.5 Å². The molecule has 1 aromatic carbocycles. The Balaban J connectivity index is 1.77. The quantitative estimate of drug-likeness (QED) is 0.880. The van der Waals surface area contributed by atoms with Crippen molar-refractivity contribution in [3.8, 4) is 0 Å². The number of nitrogens with zero attached hydrogens (tertiary/aromatic N) is 1. The Kier molecular flexibility index (Phi) is 4.66. The molecule has 3 rings (SSSR count). The van der Waals surface area contributed by atoms with Gasteiger partial charge in [0, 0.05) is 31.7 Å². The molecule has 2 unspecified atom stereocenters. The molecular formula is C19H30N2. The molecule has 2 atom stereocenters. The predicted molar refractivity (Wildman–Crippen MR) is 89.4 cm³/mol. The number of hydrogen-bond donors (Lipinski definition) is 1. The molecule has 1 heterocycles. The van der Waals surface area contributed by atoms with Gasteiger partial charge >= 0.3 is 0 Å². The molecule has 0 radical (unpaired) electrons. The third kappa shape index (κ3) is 3.17. The monoisotopic (exact) mass is 286 g/mol. The molecule has 0 spiro atoms. The van der Waals surface area contributed by atoms with Gasteiger partial charge in [0.05, 0.1) is 0 Å².